The third kappa shape index (κ3) is 3.10. The maximum Gasteiger partial charge on any atom is 0.0861 e. The molecule has 0 aromatic carbocycles. The van der Waals surface area contributed by atoms with Crippen molar-refractivity contribution in [3.05, 3.63) is 12.7 Å². The van der Waals surface area contributed by atoms with Gasteiger partial charge in [-0.2, -0.15) is 0 Å². The van der Waals surface area contributed by atoms with Gasteiger partial charge in [-0.3, -0.25) is 0 Å². The van der Waals surface area contributed by atoms with Crippen LogP contribution in [0.15, 0.2) is 12.7 Å². The van der Waals surface area contributed by atoms with Crippen molar-refractivity contribution in [1.82, 2.24) is 0 Å². The van der Waals surface area contributed by atoms with Crippen LogP contribution in [0.5, 0.6) is 0 Å². The highest BCUT2D eigenvalue weighted by Gasteiger charge is 2.28. The van der Waals surface area contributed by atoms with Gasteiger partial charge in [0.1, 0.15) is 0 Å². The van der Waals surface area contributed by atoms with Crippen molar-refractivity contribution in [3.8, 4) is 0 Å². The van der Waals surface area contributed by atoms with E-state index in [0.717, 1.165) is 0 Å². The van der Waals surface area contributed by atoms with Crippen molar-refractivity contribution in [1.29, 1.82) is 0 Å². The zero-order valence-corrected chi connectivity index (χ0v) is 9.11. The lowest BCUT2D eigenvalue weighted by molar-refractivity contribution is -0.0525. The van der Waals surface area contributed by atoms with E-state index >= 15 is 0 Å². The fraction of sp³-hybridized carbons (Fsp3) is 0.833. The molecule has 2 nitrogen and oxygen atoms in total. The van der Waals surface area contributed by atoms with E-state index in [0.29, 0.717) is 12.3 Å². The standard InChI is InChI=1S/C12H22O2/c1-3-7-11(13)12(14-2)10-8-5-4-6-9-10/h3,10-13H,1,4-9H2,2H3. The summed E-state index contributed by atoms with van der Waals surface area (Å²) >= 11 is 0. The maximum absolute atomic E-state index is 9.86. The van der Waals surface area contributed by atoms with Gasteiger partial charge in [-0.25, -0.2) is 0 Å². The van der Waals surface area contributed by atoms with Crippen molar-refractivity contribution < 1.29 is 9.84 Å². The molecule has 14 heavy (non-hydrogen) atoms. The summed E-state index contributed by atoms with van der Waals surface area (Å²) in [5, 5.41) is 9.86. The number of aliphatic hydroxyl groups is 1. The molecule has 0 heterocycles. The van der Waals surface area contributed by atoms with Crippen LogP contribution in [0.2, 0.25) is 0 Å². The minimum absolute atomic E-state index is 0.00769. The van der Waals surface area contributed by atoms with E-state index in [9.17, 15) is 5.11 Å². The highest BCUT2D eigenvalue weighted by molar-refractivity contribution is 4.84. The Balaban J connectivity index is 2.45. The molecule has 2 unspecified atom stereocenters. The van der Waals surface area contributed by atoms with Crippen LogP contribution >= 0.6 is 0 Å². The van der Waals surface area contributed by atoms with Crippen molar-refractivity contribution in [2.75, 3.05) is 7.11 Å². The molecule has 0 radical (unpaired) electrons. The van der Waals surface area contributed by atoms with Gasteiger partial charge in [0.25, 0.3) is 0 Å². The SMILES string of the molecule is C=CCC(O)C(OC)C1CCCCC1. The minimum Gasteiger partial charge on any atom is -0.390 e. The van der Waals surface area contributed by atoms with Crippen molar-refractivity contribution in [2.24, 2.45) is 5.92 Å². The van der Waals surface area contributed by atoms with E-state index in [2.05, 4.69) is 6.58 Å². The van der Waals surface area contributed by atoms with Gasteiger partial charge in [0.2, 0.25) is 0 Å². The molecule has 0 saturated heterocycles. The first-order chi connectivity index (χ1) is 6.79. The smallest absolute Gasteiger partial charge is 0.0861 e. The fourth-order valence-corrected chi connectivity index (χ4v) is 2.43. The van der Waals surface area contributed by atoms with E-state index < -0.39 is 0 Å². The molecular weight excluding hydrogens is 176 g/mol. The first-order valence-electron chi connectivity index (χ1n) is 5.61. The van der Waals surface area contributed by atoms with E-state index in [-0.39, 0.29) is 12.2 Å². The van der Waals surface area contributed by atoms with Crippen LogP contribution in [0, 0.1) is 5.92 Å². The highest BCUT2D eigenvalue weighted by Crippen LogP contribution is 2.29. The van der Waals surface area contributed by atoms with Crippen LogP contribution in [-0.4, -0.2) is 24.4 Å². The topological polar surface area (TPSA) is 29.5 Å². The molecule has 82 valence electrons. The number of hydrogen-bond acceptors (Lipinski definition) is 2. The Bertz CT molecular complexity index is 162. The predicted molar refractivity (Wildman–Crippen MR) is 58.2 cm³/mol. The molecule has 1 aliphatic carbocycles. The Labute approximate surface area is 87.0 Å². The summed E-state index contributed by atoms with van der Waals surface area (Å²) in [5.74, 6) is 0.545. The quantitative estimate of drug-likeness (QED) is 0.688. The van der Waals surface area contributed by atoms with Gasteiger partial charge >= 0.3 is 0 Å². The molecule has 1 N–H and O–H groups in total. The van der Waals surface area contributed by atoms with Crippen molar-refractivity contribution in [2.45, 2.75) is 50.7 Å². The number of methoxy groups -OCH3 is 1. The van der Waals surface area contributed by atoms with Crippen LogP contribution in [-0.2, 0) is 4.74 Å². The Morgan fingerprint density at radius 3 is 2.57 bits per heavy atom. The van der Waals surface area contributed by atoms with Gasteiger partial charge in [-0.15, -0.1) is 6.58 Å². The van der Waals surface area contributed by atoms with Gasteiger partial charge in [0, 0.05) is 7.11 Å². The Morgan fingerprint density at radius 1 is 1.43 bits per heavy atom. The second-order valence-corrected chi connectivity index (χ2v) is 4.19. The molecule has 1 aliphatic rings. The highest BCUT2D eigenvalue weighted by atomic mass is 16.5. The van der Waals surface area contributed by atoms with E-state index in [4.69, 9.17) is 4.74 Å². The summed E-state index contributed by atoms with van der Waals surface area (Å²) in [5.41, 5.74) is 0. The average Bonchev–Trinajstić information content (AvgIpc) is 2.21. The summed E-state index contributed by atoms with van der Waals surface area (Å²) in [7, 11) is 1.70. The van der Waals surface area contributed by atoms with Crippen LogP contribution in [0.4, 0.5) is 0 Å². The van der Waals surface area contributed by atoms with Crippen LogP contribution < -0.4 is 0 Å². The fourth-order valence-electron chi connectivity index (χ4n) is 2.43. The molecule has 1 saturated carbocycles. The first-order valence-corrected chi connectivity index (χ1v) is 5.61. The van der Waals surface area contributed by atoms with Crippen LogP contribution in [0.1, 0.15) is 38.5 Å². The zero-order chi connectivity index (χ0) is 10.4. The Hall–Kier alpha value is -0.340. The van der Waals surface area contributed by atoms with E-state index in [1.165, 1.54) is 32.1 Å². The van der Waals surface area contributed by atoms with Gasteiger partial charge in [-0.05, 0) is 25.2 Å². The van der Waals surface area contributed by atoms with Gasteiger partial charge < -0.3 is 9.84 Å². The average molecular weight is 198 g/mol. The summed E-state index contributed by atoms with van der Waals surface area (Å²) in [4.78, 5) is 0. The number of aliphatic hydroxyl groups excluding tert-OH is 1. The second kappa shape index (κ2) is 6.20. The van der Waals surface area contributed by atoms with Crippen molar-refractivity contribution >= 4 is 0 Å². The third-order valence-corrected chi connectivity index (χ3v) is 3.17. The molecule has 2 atom stereocenters. The molecule has 0 aliphatic heterocycles. The molecular formula is C12H22O2. The van der Waals surface area contributed by atoms with Crippen LogP contribution in [0.3, 0.4) is 0 Å². The van der Waals surface area contributed by atoms with E-state index in [1.807, 2.05) is 0 Å². The number of ether oxygens (including phenoxy) is 1. The zero-order valence-electron chi connectivity index (χ0n) is 9.11. The van der Waals surface area contributed by atoms with Gasteiger partial charge in [0.15, 0.2) is 0 Å². The Morgan fingerprint density at radius 2 is 2.07 bits per heavy atom. The molecule has 1 rings (SSSR count). The largest absolute Gasteiger partial charge is 0.390 e. The monoisotopic (exact) mass is 198 g/mol. The van der Waals surface area contributed by atoms with Gasteiger partial charge in [-0.1, -0.05) is 25.3 Å². The molecule has 0 bridgehead atoms. The minimum atomic E-state index is -0.374. The lowest BCUT2D eigenvalue weighted by Gasteiger charge is -2.32. The summed E-state index contributed by atoms with van der Waals surface area (Å²) in [6.07, 6.45) is 8.34. The number of hydrogen-bond donors (Lipinski definition) is 1. The third-order valence-electron chi connectivity index (χ3n) is 3.17. The second-order valence-electron chi connectivity index (χ2n) is 4.19. The summed E-state index contributed by atoms with van der Waals surface area (Å²) in [6.45, 7) is 3.65. The van der Waals surface area contributed by atoms with E-state index in [1.54, 1.807) is 13.2 Å². The molecule has 2 heteroatoms. The predicted octanol–water partition coefficient (Wildman–Crippen LogP) is 2.52. The number of rotatable bonds is 5. The van der Waals surface area contributed by atoms with Crippen LogP contribution in [0.25, 0.3) is 0 Å². The normalized spacial score (nSPS) is 23.0. The lowest BCUT2D eigenvalue weighted by Crippen LogP contribution is -2.36. The molecule has 0 aromatic rings. The summed E-state index contributed by atoms with van der Waals surface area (Å²) < 4.78 is 5.41. The van der Waals surface area contributed by atoms with Crippen molar-refractivity contribution in [3.63, 3.8) is 0 Å². The molecule has 1 fully saturated rings. The summed E-state index contributed by atoms with van der Waals surface area (Å²) in [6, 6.07) is 0. The molecule has 0 spiro atoms. The van der Waals surface area contributed by atoms with Gasteiger partial charge in [0.05, 0.1) is 12.2 Å². The molecule has 0 amide bonds. The Kier molecular flexibility index (Phi) is 5.20. The lowest BCUT2D eigenvalue weighted by atomic mass is 9.82. The maximum atomic E-state index is 9.86. The first kappa shape index (κ1) is 11.7. The molecule has 0 aromatic heterocycles.